The third kappa shape index (κ3) is 4.94. The summed E-state index contributed by atoms with van der Waals surface area (Å²) in [6, 6.07) is 18.9. The lowest BCUT2D eigenvalue weighted by molar-refractivity contribution is -0.122. The van der Waals surface area contributed by atoms with Crippen molar-refractivity contribution in [1.29, 1.82) is 0 Å². The number of halogens is 2. The van der Waals surface area contributed by atoms with Gasteiger partial charge in [-0.15, -0.1) is 0 Å². The molecule has 3 amide bonds. The van der Waals surface area contributed by atoms with Crippen molar-refractivity contribution in [1.82, 2.24) is 4.57 Å². The second kappa shape index (κ2) is 10.8. The number of aromatic nitrogens is 1. The molecule has 0 radical (unpaired) electrons. The predicted octanol–water partition coefficient (Wildman–Crippen LogP) is 5.15. The van der Waals surface area contributed by atoms with Gasteiger partial charge in [0, 0.05) is 21.5 Å². The molecule has 3 aromatic carbocycles. The SMILES string of the molecule is COc1ccc([C@@H]2c3sc(=O)n(CC(=O)Nc4ccc(F)cc4)c3S[C@H]3C(=O)N(c4ccc(Cl)cc4)C(=O)[C@@H]23)cc1. The zero-order valence-electron chi connectivity index (χ0n) is 21.4. The monoisotopic (exact) mass is 609 g/mol. The summed E-state index contributed by atoms with van der Waals surface area (Å²) in [5.41, 5.74) is 1.53. The molecule has 0 aliphatic carbocycles. The fourth-order valence-electron chi connectivity index (χ4n) is 5.15. The maximum atomic E-state index is 13.9. The van der Waals surface area contributed by atoms with Gasteiger partial charge in [0.2, 0.25) is 17.7 Å². The van der Waals surface area contributed by atoms with Gasteiger partial charge in [0.1, 0.15) is 23.4 Å². The van der Waals surface area contributed by atoms with Gasteiger partial charge in [-0.25, -0.2) is 9.29 Å². The lowest BCUT2D eigenvalue weighted by Crippen LogP contribution is -2.33. The number of rotatable bonds is 6. The summed E-state index contributed by atoms with van der Waals surface area (Å²) in [5.74, 6) is -2.46. The fraction of sp³-hybridized carbons (Fsp3) is 0.172. The van der Waals surface area contributed by atoms with E-state index in [9.17, 15) is 23.6 Å². The molecule has 3 heterocycles. The van der Waals surface area contributed by atoms with E-state index in [1.54, 1.807) is 43.5 Å². The van der Waals surface area contributed by atoms with Gasteiger partial charge in [0.15, 0.2) is 0 Å². The summed E-state index contributed by atoms with van der Waals surface area (Å²) in [6.07, 6.45) is 0. The Morgan fingerprint density at radius 3 is 2.32 bits per heavy atom. The third-order valence-corrected chi connectivity index (χ3v) is 9.89. The minimum absolute atomic E-state index is 0.315. The normalized spacial score (nSPS) is 19.6. The number of fused-ring (bicyclic) bond motifs is 2. The number of imide groups is 1. The van der Waals surface area contributed by atoms with Gasteiger partial charge in [0.25, 0.3) is 0 Å². The summed E-state index contributed by atoms with van der Waals surface area (Å²) in [5, 5.41) is 2.79. The molecule has 41 heavy (non-hydrogen) atoms. The molecule has 1 fully saturated rings. The molecule has 2 aliphatic rings. The Morgan fingerprint density at radius 1 is 0.976 bits per heavy atom. The van der Waals surface area contributed by atoms with Crippen LogP contribution in [0.2, 0.25) is 5.02 Å². The fourth-order valence-corrected chi connectivity index (χ4v) is 8.05. The first-order valence-corrected chi connectivity index (χ1v) is 14.6. The number of nitrogens with zero attached hydrogens (tertiary/aromatic N) is 2. The number of thiazole rings is 1. The lowest BCUT2D eigenvalue weighted by atomic mass is 9.83. The number of carbonyl (C=O) groups is 3. The van der Waals surface area contributed by atoms with Crippen molar-refractivity contribution in [2.75, 3.05) is 17.3 Å². The van der Waals surface area contributed by atoms with Crippen molar-refractivity contribution in [2.24, 2.45) is 5.92 Å². The Hall–Kier alpha value is -3.93. The van der Waals surface area contributed by atoms with Crippen LogP contribution in [0, 0.1) is 11.7 Å². The van der Waals surface area contributed by atoms with Crippen LogP contribution < -0.4 is 19.8 Å². The first-order chi connectivity index (χ1) is 19.7. The van der Waals surface area contributed by atoms with E-state index in [0.717, 1.165) is 28.7 Å². The van der Waals surface area contributed by atoms with Gasteiger partial charge < -0.3 is 10.1 Å². The summed E-state index contributed by atoms with van der Waals surface area (Å²) < 4.78 is 19.9. The number of amides is 3. The Labute approximate surface area is 246 Å². The Balaban J connectivity index is 1.40. The Morgan fingerprint density at radius 2 is 1.66 bits per heavy atom. The van der Waals surface area contributed by atoms with Gasteiger partial charge in [-0.3, -0.25) is 23.7 Å². The molecular formula is C29H21ClFN3O5S2. The quantitative estimate of drug-likeness (QED) is 0.304. The maximum Gasteiger partial charge on any atom is 0.308 e. The highest BCUT2D eigenvalue weighted by Crippen LogP contribution is 2.54. The standard InChI is InChI=1S/C29H21ClFN3O5S2/c1-39-20-12-2-15(3-13-20)22-23-24(27(37)34(26(23)36)19-10-4-16(30)5-11-19)40-28-25(22)41-29(38)33(28)14-21(35)32-18-8-6-17(31)7-9-18/h2-13,22-24H,14H2,1H3,(H,32,35)/t22-,23-,24+/m0/s1. The van der Waals surface area contributed by atoms with Crippen LogP contribution in [0.3, 0.4) is 0 Å². The van der Waals surface area contributed by atoms with Crippen LogP contribution in [0.1, 0.15) is 16.4 Å². The van der Waals surface area contributed by atoms with Gasteiger partial charge in [-0.1, -0.05) is 46.8 Å². The van der Waals surface area contributed by atoms with E-state index in [1.807, 2.05) is 12.1 Å². The first-order valence-electron chi connectivity index (χ1n) is 12.5. The molecule has 0 spiro atoms. The average molecular weight is 610 g/mol. The molecule has 0 unspecified atom stereocenters. The summed E-state index contributed by atoms with van der Waals surface area (Å²) >= 11 is 8.12. The van der Waals surface area contributed by atoms with E-state index in [-0.39, 0.29) is 17.3 Å². The number of ether oxygens (including phenoxy) is 1. The van der Waals surface area contributed by atoms with Gasteiger partial charge in [-0.05, 0) is 66.2 Å². The molecule has 1 aromatic heterocycles. The number of thioether (sulfide) groups is 1. The van der Waals surface area contributed by atoms with Crippen LogP contribution in [-0.4, -0.2) is 34.6 Å². The summed E-state index contributed by atoms with van der Waals surface area (Å²) in [7, 11) is 1.55. The van der Waals surface area contributed by atoms with Crippen molar-refractivity contribution in [3.05, 3.63) is 104 Å². The van der Waals surface area contributed by atoms with E-state index >= 15 is 0 Å². The molecule has 12 heteroatoms. The van der Waals surface area contributed by atoms with Crippen LogP contribution in [0.5, 0.6) is 5.75 Å². The number of hydrogen-bond donors (Lipinski definition) is 1. The molecule has 3 atom stereocenters. The zero-order chi connectivity index (χ0) is 28.8. The lowest BCUT2D eigenvalue weighted by Gasteiger charge is -2.30. The molecule has 2 aliphatic heterocycles. The minimum Gasteiger partial charge on any atom is -0.497 e. The van der Waals surface area contributed by atoms with Crippen LogP contribution in [0.4, 0.5) is 15.8 Å². The van der Waals surface area contributed by atoms with Crippen LogP contribution in [0.15, 0.2) is 82.6 Å². The number of methoxy groups -OCH3 is 1. The number of anilines is 2. The molecule has 8 nitrogen and oxygen atoms in total. The third-order valence-electron chi connectivity index (χ3n) is 7.04. The van der Waals surface area contributed by atoms with Crippen LogP contribution >= 0.6 is 34.7 Å². The Kier molecular flexibility index (Phi) is 7.18. The van der Waals surface area contributed by atoms with E-state index in [2.05, 4.69) is 5.32 Å². The highest BCUT2D eigenvalue weighted by Gasteiger charge is 2.56. The predicted molar refractivity (Wildman–Crippen MR) is 156 cm³/mol. The summed E-state index contributed by atoms with van der Waals surface area (Å²) in [6.45, 7) is -0.315. The highest BCUT2D eigenvalue weighted by molar-refractivity contribution is 8.00. The topological polar surface area (TPSA) is 97.7 Å². The van der Waals surface area contributed by atoms with Gasteiger partial charge in [-0.2, -0.15) is 0 Å². The van der Waals surface area contributed by atoms with Gasteiger partial charge >= 0.3 is 4.87 Å². The summed E-state index contributed by atoms with van der Waals surface area (Å²) in [4.78, 5) is 55.2. The van der Waals surface area contributed by atoms with Crippen molar-refractivity contribution < 1.29 is 23.5 Å². The molecule has 0 saturated carbocycles. The maximum absolute atomic E-state index is 13.9. The van der Waals surface area contributed by atoms with Crippen LogP contribution in [-0.2, 0) is 20.9 Å². The first kappa shape index (κ1) is 27.3. The largest absolute Gasteiger partial charge is 0.497 e. The zero-order valence-corrected chi connectivity index (χ0v) is 23.8. The second-order valence-corrected chi connectivity index (χ2v) is 12.0. The van der Waals surface area contributed by atoms with Crippen molar-refractivity contribution in [3.63, 3.8) is 0 Å². The molecule has 6 rings (SSSR count). The average Bonchev–Trinajstić information content (AvgIpc) is 3.41. The van der Waals surface area contributed by atoms with E-state index in [0.29, 0.717) is 32.1 Å². The number of nitrogens with one attached hydrogen (secondary N) is 1. The van der Waals surface area contributed by atoms with E-state index in [1.165, 1.54) is 33.7 Å². The number of hydrogen-bond acceptors (Lipinski definition) is 7. The van der Waals surface area contributed by atoms with E-state index in [4.69, 9.17) is 16.3 Å². The van der Waals surface area contributed by atoms with Crippen molar-refractivity contribution >= 4 is 63.8 Å². The molecular weight excluding hydrogens is 589 g/mol. The molecule has 1 N–H and O–H groups in total. The smallest absolute Gasteiger partial charge is 0.308 e. The second-order valence-electron chi connectivity index (χ2n) is 9.48. The molecule has 0 bridgehead atoms. The molecule has 4 aromatic rings. The van der Waals surface area contributed by atoms with Gasteiger partial charge in [0.05, 0.1) is 23.7 Å². The minimum atomic E-state index is -0.821. The molecule has 1 saturated heterocycles. The Bertz CT molecular complexity index is 1720. The van der Waals surface area contributed by atoms with Crippen molar-refractivity contribution in [3.8, 4) is 5.75 Å². The number of carbonyl (C=O) groups excluding carboxylic acids is 3. The number of benzene rings is 3. The van der Waals surface area contributed by atoms with Crippen LogP contribution in [0.25, 0.3) is 0 Å². The molecule has 208 valence electrons. The highest BCUT2D eigenvalue weighted by atomic mass is 35.5. The van der Waals surface area contributed by atoms with Crippen molar-refractivity contribution in [2.45, 2.75) is 22.7 Å². The van der Waals surface area contributed by atoms with E-state index < -0.39 is 34.7 Å².